The van der Waals surface area contributed by atoms with Crippen molar-refractivity contribution in [2.24, 2.45) is 4.99 Å². The minimum Gasteiger partial charge on any atom is -0.501 e. The highest BCUT2D eigenvalue weighted by Gasteiger charge is 2.33. The summed E-state index contributed by atoms with van der Waals surface area (Å²) in [7, 11) is 3.15. The number of aromatic nitrogens is 1. The number of ether oxygens (including phenoxy) is 2. The van der Waals surface area contributed by atoms with Gasteiger partial charge in [0.05, 0.1) is 39.9 Å². The van der Waals surface area contributed by atoms with Gasteiger partial charge in [0.25, 0.3) is 5.56 Å². The molecule has 0 fully saturated rings. The third kappa shape index (κ3) is 4.22. The number of nitro benzene ring substituents is 1. The van der Waals surface area contributed by atoms with Gasteiger partial charge in [-0.2, -0.15) is 0 Å². The van der Waals surface area contributed by atoms with Crippen molar-refractivity contribution in [3.05, 3.63) is 117 Å². The summed E-state index contributed by atoms with van der Waals surface area (Å²) >= 11 is 4.39. The summed E-state index contributed by atoms with van der Waals surface area (Å²) in [5.41, 5.74) is 4.68. The molecule has 4 aromatic rings. The zero-order valence-corrected chi connectivity index (χ0v) is 23.8. The van der Waals surface area contributed by atoms with E-state index in [0.29, 0.717) is 26.4 Å². The molecule has 2 heterocycles. The largest absolute Gasteiger partial charge is 0.501 e. The lowest BCUT2D eigenvalue weighted by Gasteiger charge is -2.31. The minimum atomic E-state index is -0.665. The van der Waals surface area contributed by atoms with Crippen molar-refractivity contribution in [2.45, 2.75) is 18.9 Å². The van der Waals surface area contributed by atoms with E-state index >= 15 is 0 Å². The molecule has 0 spiro atoms. The monoisotopic (exact) mass is 619 g/mol. The smallest absolute Gasteiger partial charge is 0.312 e. The van der Waals surface area contributed by atoms with Crippen molar-refractivity contribution < 1.29 is 19.5 Å². The van der Waals surface area contributed by atoms with Gasteiger partial charge in [-0.05, 0) is 75.3 Å². The molecular weight excluding hydrogens is 598 g/mol. The Hall–Kier alpha value is -4.22. The molecule has 202 valence electrons. The number of phenols is 1. The fourth-order valence-corrected chi connectivity index (χ4v) is 6.79. The lowest BCUT2D eigenvalue weighted by Crippen LogP contribution is -2.38. The van der Waals surface area contributed by atoms with Crippen molar-refractivity contribution in [2.75, 3.05) is 14.2 Å². The molecule has 0 saturated carbocycles. The van der Waals surface area contributed by atoms with Gasteiger partial charge in [-0.3, -0.25) is 19.5 Å². The number of nitro groups is 1. The Bertz CT molecular complexity index is 1930. The minimum absolute atomic E-state index is 0.163. The zero-order valence-electron chi connectivity index (χ0n) is 21.4. The molecule has 40 heavy (non-hydrogen) atoms. The summed E-state index contributed by atoms with van der Waals surface area (Å²) in [6.07, 6.45) is 3.14. The van der Waals surface area contributed by atoms with Crippen LogP contribution in [0.5, 0.6) is 17.2 Å². The number of phenolic OH excluding ortho intramolecular Hbond substituents is 1. The van der Waals surface area contributed by atoms with Gasteiger partial charge in [0, 0.05) is 11.6 Å². The summed E-state index contributed by atoms with van der Waals surface area (Å²) in [5, 5.41) is 21.5. The number of fused-ring (bicyclic) bond motifs is 3. The SMILES string of the molecule is COc1ccc([C@H]2C3=C(N=c4s/c(=C\c5cc(Br)c(O)c([N+](=O)[O-])c5)c(=O)n42)c2ccccc2CC3)cc1OC. The standard InChI is InChI=1S/C29H22BrN3O6S/c1-38-22-10-8-17(14-23(22)39-2)26-19-9-7-16-5-3-4-6-18(16)25(19)31-29-32(26)28(35)24(40-29)13-15-11-20(30)27(34)21(12-15)33(36)37/h3-6,8,10-14,26,34H,7,9H2,1-2H3/b24-13-/t26-/m0/s1. The number of aromatic hydroxyl groups is 1. The van der Waals surface area contributed by atoms with Crippen LogP contribution in [0.25, 0.3) is 11.8 Å². The van der Waals surface area contributed by atoms with Gasteiger partial charge in [-0.1, -0.05) is 41.7 Å². The summed E-state index contributed by atoms with van der Waals surface area (Å²) in [4.78, 5) is 30.3. The lowest BCUT2D eigenvalue weighted by molar-refractivity contribution is -0.386. The Morgan fingerprint density at radius 1 is 1.12 bits per heavy atom. The Morgan fingerprint density at radius 3 is 2.65 bits per heavy atom. The zero-order chi connectivity index (χ0) is 28.1. The molecule has 1 atom stereocenters. The number of thiazole rings is 1. The normalized spacial score (nSPS) is 16.1. The van der Waals surface area contributed by atoms with Crippen LogP contribution in [-0.4, -0.2) is 28.8 Å². The first-order chi connectivity index (χ1) is 19.3. The number of allylic oxidation sites excluding steroid dienone is 1. The number of nitrogens with zero attached hydrogens (tertiary/aromatic N) is 3. The molecule has 0 bridgehead atoms. The maximum Gasteiger partial charge on any atom is 0.312 e. The van der Waals surface area contributed by atoms with Crippen molar-refractivity contribution in [3.63, 3.8) is 0 Å². The highest BCUT2D eigenvalue weighted by molar-refractivity contribution is 9.10. The van der Waals surface area contributed by atoms with E-state index in [9.17, 15) is 20.0 Å². The molecule has 0 unspecified atom stereocenters. The van der Waals surface area contributed by atoms with Gasteiger partial charge in [0.2, 0.25) is 5.75 Å². The fourth-order valence-electron chi connectivity index (χ4n) is 5.32. The molecule has 1 aromatic heterocycles. The maximum atomic E-state index is 14.0. The van der Waals surface area contributed by atoms with Gasteiger partial charge in [-0.15, -0.1) is 0 Å². The molecule has 11 heteroatoms. The molecule has 1 aliphatic carbocycles. The third-order valence-corrected chi connectivity index (χ3v) is 8.74. The Morgan fingerprint density at radius 2 is 1.90 bits per heavy atom. The van der Waals surface area contributed by atoms with E-state index in [4.69, 9.17) is 14.5 Å². The van der Waals surface area contributed by atoms with E-state index < -0.39 is 22.4 Å². The van der Waals surface area contributed by atoms with Crippen LogP contribution in [-0.2, 0) is 6.42 Å². The molecule has 1 N–H and O–H groups in total. The third-order valence-electron chi connectivity index (χ3n) is 7.16. The Kier molecular flexibility index (Phi) is 6.55. The van der Waals surface area contributed by atoms with Crippen LogP contribution in [0, 0.1) is 10.1 Å². The highest BCUT2D eigenvalue weighted by atomic mass is 79.9. The number of rotatable bonds is 5. The predicted molar refractivity (Wildman–Crippen MR) is 155 cm³/mol. The number of halogens is 1. The molecule has 0 saturated heterocycles. The number of hydrogen-bond donors (Lipinski definition) is 1. The van der Waals surface area contributed by atoms with Crippen LogP contribution in [0.4, 0.5) is 5.69 Å². The first-order valence-electron chi connectivity index (χ1n) is 12.3. The first-order valence-corrected chi connectivity index (χ1v) is 13.9. The Labute approximate surface area is 240 Å². The second kappa shape index (κ2) is 10.1. The molecule has 0 radical (unpaired) electrons. The number of benzene rings is 3. The van der Waals surface area contributed by atoms with Crippen molar-refractivity contribution >= 4 is 44.7 Å². The van der Waals surface area contributed by atoms with Crippen LogP contribution in [0.1, 0.15) is 34.7 Å². The van der Waals surface area contributed by atoms with Gasteiger partial charge >= 0.3 is 5.69 Å². The second-order valence-electron chi connectivity index (χ2n) is 9.36. The summed E-state index contributed by atoms with van der Waals surface area (Å²) in [6.45, 7) is 0. The highest BCUT2D eigenvalue weighted by Crippen LogP contribution is 2.43. The first kappa shape index (κ1) is 26.0. The molecule has 2 aliphatic rings. The average molecular weight is 620 g/mol. The number of aryl methyl sites for hydroxylation is 1. The fraction of sp³-hybridized carbons (Fsp3) is 0.172. The molecule has 9 nitrogen and oxygen atoms in total. The Balaban J connectivity index is 1.61. The van der Waals surface area contributed by atoms with E-state index in [1.807, 2.05) is 30.3 Å². The van der Waals surface area contributed by atoms with Crippen molar-refractivity contribution in [1.29, 1.82) is 0 Å². The van der Waals surface area contributed by atoms with Crippen LogP contribution < -0.4 is 24.4 Å². The van der Waals surface area contributed by atoms with E-state index in [1.54, 1.807) is 24.9 Å². The van der Waals surface area contributed by atoms with Gasteiger partial charge < -0.3 is 14.6 Å². The van der Waals surface area contributed by atoms with E-state index in [2.05, 4.69) is 28.1 Å². The van der Waals surface area contributed by atoms with E-state index in [1.165, 1.54) is 29.0 Å². The van der Waals surface area contributed by atoms with Gasteiger partial charge in [0.15, 0.2) is 16.3 Å². The number of hydrogen-bond acceptors (Lipinski definition) is 8. The van der Waals surface area contributed by atoms with Crippen LogP contribution >= 0.6 is 27.3 Å². The molecule has 1 aliphatic heterocycles. The second-order valence-corrected chi connectivity index (χ2v) is 11.2. The topological polar surface area (TPSA) is 116 Å². The quantitative estimate of drug-likeness (QED) is 0.255. The van der Waals surface area contributed by atoms with E-state index in [-0.39, 0.29) is 10.0 Å². The van der Waals surface area contributed by atoms with Crippen LogP contribution in [0.3, 0.4) is 0 Å². The summed E-state index contributed by atoms with van der Waals surface area (Å²) in [5.74, 6) is 0.670. The van der Waals surface area contributed by atoms with Gasteiger partial charge in [-0.25, -0.2) is 4.99 Å². The van der Waals surface area contributed by atoms with Gasteiger partial charge in [0.1, 0.15) is 0 Å². The average Bonchev–Trinajstić information content (AvgIpc) is 3.27. The van der Waals surface area contributed by atoms with E-state index in [0.717, 1.165) is 35.2 Å². The molecule has 0 amide bonds. The molecular formula is C29H22BrN3O6S. The van der Waals surface area contributed by atoms with Crippen LogP contribution in [0.2, 0.25) is 0 Å². The number of methoxy groups -OCH3 is 2. The predicted octanol–water partition coefficient (Wildman–Crippen LogP) is 4.71. The van der Waals surface area contributed by atoms with Crippen LogP contribution in [0.15, 0.2) is 74.4 Å². The van der Waals surface area contributed by atoms with Crippen molar-refractivity contribution in [1.82, 2.24) is 4.57 Å². The van der Waals surface area contributed by atoms with Crippen molar-refractivity contribution in [3.8, 4) is 17.2 Å². The molecule has 3 aromatic carbocycles. The summed E-state index contributed by atoms with van der Waals surface area (Å²) < 4.78 is 13.2. The molecule has 6 rings (SSSR count). The summed E-state index contributed by atoms with van der Waals surface area (Å²) in [6, 6.07) is 16.2. The lowest BCUT2D eigenvalue weighted by atomic mass is 9.83. The maximum absolute atomic E-state index is 14.0.